The Bertz CT molecular complexity index is 1030. The zero-order valence-electron chi connectivity index (χ0n) is 17.1. The molecule has 0 aromatic carbocycles. The van der Waals surface area contributed by atoms with Gasteiger partial charge in [-0.3, -0.25) is 9.66 Å². The Balaban J connectivity index is 1.58. The molecule has 0 spiro atoms. The molecular formula is C21H25N7OS. The number of aryl methyl sites for hydroxylation is 1. The quantitative estimate of drug-likeness (QED) is 0.632. The first-order valence-electron chi connectivity index (χ1n) is 10.3. The van der Waals surface area contributed by atoms with Gasteiger partial charge in [0.05, 0.1) is 23.9 Å². The second kappa shape index (κ2) is 7.81. The van der Waals surface area contributed by atoms with Crippen molar-refractivity contribution in [3.05, 3.63) is 65.8 Å². The van der Waals surface area contributed by atoms with Crippen LogP contribution in [0.25, 0.3) is 0 Å². The van der Waals surface area contributed by atoms with Crippen molar-refractivity contribution in [3.8, 4) is 0 Å². The van der Waals surface area contributed by atoms with Crippen molar-refractivity contribution in [2.75, 3.05) is 13.2 Å². The molecule has 2 saturated heterocycles. The summed E-state index contributed by atoms with van der Waals surface area (Å²) in [7, 11) is 0. The lowest BCUT2D eigenvalue weighted by Gasteiger charge is -2.30. The second-order valence-corrected chi connectivity index (χ2v) is 8.28. The standard InChI is InChI=1S/C21H25N7OS/c1-14-10-17(15(2)28(14)26-12-23-24-13-26)20-19(18-7-3-4-8-22-18)25-21(30)27(20)11-16-6-5-9-29-16/h3-4,7-8,10,12-13,16,19-20H,5-6,9,11H2,1-2H3,(H,25,30)/t16-,19-,20+/m0/s1. The SMILES string of the molecule is Cc1cc([C@@H]2[C@H](c3ccccn3)NC(=S)N2C[C@@H]2CCCO2)c(C)n1-n1cnnc1. The minimum atomic E-state index is -0.0324. The molecule has 156 valence electrons. The molecule has 0 unspecified atom stereocenters. The molecule has 0 saturated carbocycles. The third kappa shape index (κ3) is 3.27. The lowest BCUT2D eigenvalue weighted by molar-refractivity contribution is 0.0841. The topological polar surface area (TPSA) is 73.0 Å². The van der Waals surface area contributed by atoms with Crippen LogP contribution < -0.4 is 5.32 Å². The van der Waals surface area contributed by atoms with E-state index in [1.807, 2.05) is 23.0 Å². The van der Waals surface area contributed by atoms with Crippen molar-refractivity contribution >= 4 is 17.3 Å². The highest BCUT2D eigenvalue weighted by Crippen LogP contribution is 2.41. The maximum atomic E-state index is 5.94. The first kappa shape index (κ1) is 19.2. The van der Waals surface area contributed by atoms with Gasteiger partial charge in [0, 0.05) is 36.3 Å². The lowest BCUT2D eigenvalue weighted by atomic mass is 9.96. The summed E-state index contributed by atoms with van der Waals surface area (Å²) >= 11 is 5.79. The third-order valence-corrected chi connectivity index (χ3v) is 6.36. The van der Waals surface area contributed by atoms with Gasteiger partial charge < -0.3 is 15.0 Å². The molecule has 8 nitrogen and oxygen atoms in total. The molecular weight excluding hydrogens is 398 g/mol. The van der Waals surface area contributed by atoms with Gasteiger partial charge in [-0.2, -0.15) is 0 Å². The van der Waals surface area contributed by atoms with Gasteiger partial charge in [0.2, 0.25) is 0 Å². The lowest BCUT2D eigenvalue weighted by Crippen LogP contribution is -2.36. The largest absolute Gasteiger partial charge is 0.376 e. The first-order valence-corrected chi connectivity index (χ1v) is 10.7. The third-order valence-electron chi connectivity index (χ3n) is 6.01. The van der Waals surface area contributed by atoms with E-state index in [0.717, 1.165) is 48.2 Å². The Kier molecular flexibility index (Phi) is 5.00. The van der Waals surface area contributed by atoms with E-state index in [2.05, 4.69) is 56.1 Å². The van der Waals surface area contributed by atoms with Gasteiger partial charge in [0.1, 0.15) is 12.7 Å². The van der Waals surface area contributed by atoms with Crippen molar-refractivity contribution in [3.63, 3.8) is 0 Å². The number of hydrogen-bond donors (Lipinski definition) is 1. The monoisotopic (exact) mass is 423 g/mol. The molecule has 1 N–H and O–H groups in total. The summed E-state index contributed by atoms with van der Waals surface area (Å²) in [5.74, 6) is 0. The van der Waals surface area contributed by atoms with Gasteiger partial charge >= 0.3 is 0 Å². The van der Waals surface area contributed by atoms with E-state index >= 15 is 0 Å². The van der Waals surface area contributed by atoms with Gasteiger partial charge in [0.25, 0.3) is 0 Å². The Labute approximate surface area is 180 Å². The normalized spacial score (nSPS) is 23.9. The molecule has 9 heteroatoms. The maximum absolute atomic E-state index is 5.94. The smallest absolute Gasteiger partial charge is 0.170 e. The fourth-order valence-electron chi connectivity index (χ4n) is 4.68. The molecule has 5 heterocycles. The highest BCUT2D eigenvalue weighted by Gasteiger charge is 2.42. The molecule has 3 aromatic rings. The van der Waals surface area contributed by atoms with E-state index in [9.17, 15) is 0 Å². The number of ether oxygens (including phenoxy) is 1. The van der Waals surface area contributed by atoms with Crippen LogP contribution in [0, 0.1) is 13.8 Å². The number of rotatable bonds is 5. The Hall–Kier alpha value is -2.78. The van der Waals surface area contributed by atoms with Crippen molar-refractivity contribution in [1.29, 1.82) is 0 Å². The number of thiocarbonyl (C=S) groups is 1. The predicted octanol–water partition coefficient (Wildman–Crippen LogP) is 2.55. The fraction of sp³-hybridized carbons (Fsp3) is 0.429. The summed E-state index contributed by atoms with van der Waals surface area (Å²) in [6.45, 7) is 5.83. The molecule has 3 atom stereocenters. The molecule has 0 aliphatic carbocycles. The minimum Gasteiger partial charge on any atom is -0.376 e. The predicted molar refractivity (Wildman–Crippen MR) is 116 cm³/mol. The van der Waals surface area contributed by atoms with Crippen molar-refractivity contribution < 1.29 is 4.74 Å². The molecule has 2 fully saturated rings. The number of aromatic nitrogens is 5. The number of nitrogens with one attached hydrogen (secondary N) is 1. The van der Waals surface area contributed by atoms with Crippen molar-refractivity contribution in [2.45, 2.75) is 44.9 Å². The molecule has 0 bridgehead atoms. The molecule has 2 aliphatic heterocycles. The van der Waals surface area contributed by atoms with Crippen LogP contribution >= 0.6 is 12.2 Å². The van der Waals surface area contributed by atoms with Gasteiger partial charge in [-0.1, -0.05) is 6.07 Å². The summed E-state index contributed by atoms with van der Waals surface area (Å²) in [6.07, 6.45) is 7.63. The van der Waals surface area contributed by atoms with Crippen LogP contribution in [0.4, 0.5) is 0 Å². The van der Waals surface area contributed by atoms with Crippen molar-refractivity contribution in [1.82, 2.24) is 34.8 Å². The van der Waals surface area contributed by atoms with E-state index in [0.29, 0.717) is 0 Å². The van der Waals surface area contributed by atoms with E-state index in [4.69, 9.17) is 17.0 Å². The van der Waals surface area contributed by atoms with Gasteiger partial charge in [-0.15, -0.1) is 10.2 Å². The second-order valence-electron chi connectivity index (χ2n) is 7.89. The molecule has 3 aromatic heterocycles. The molecule has 30 heavy (non-hydrogen) atoms. The molecule has 0 radical (unpaired) electrons. The van der Waals surface area contributed by atoms with Crippen molar-refractivity contribution in [2.24, 2.45) is 0 Å². The van der Waals surface area contributed by atoms with Crippen LogP contribution in [-0.4, -0.2) is 53.8 Å². The minimum absolute atomic E-state index is 0.0213. The number of pyridine rings is 1. The van der Waals surface area contributed by atoms with E-state index in [-0.39, 0.29) is 18.2 Å². The summed E-state index contributed by atoms with van der Waals surface area (Å²) in [5.41, 5.74) is 4.43. The van der Waals surface area contributed by atoms with Crippen LogP contribution in [0.5, 0.6) is 0 Å². The summed E-state index contributed by atoms with van der Waals surface area (Å²) in [6, 6.07) is 8.24. The highest BCUT2D eigenvalue weighted by atomic mass is 32.1. The van der Waals surface area contributed by atoms with Gasteiger partial charge in [0.15, 0.2) is 5.11 Å². The summed E-state index contributed by atoms with van der Waals surface area (Å²) in [4.78, 5) is 6.91. The Morgan fingerprint density at radius 2 is 2.07 bits per heavy atom. The zero-order valence-corrected chi connectivity index (χ0v) is 17.9. The molecule has 0 amide bonds. The number of nitrogens with zero attached hydrogens (tertiary/aromatic N) is 6. The zero-order chi connectivity index (χ0) is 20.7. The van der Waals surface area contributed by atoms with Gasteiger partial charge in [-0.25, -0.2) is 4.68 Å². The maximum Gasteiger partial charge on any atom is 0.170 e. The van der Waals surface area contributed by atoms with E-state index in [1.165, 1.54) is 5.56 Å². The average molecular weight is 424 g/mol. The van der Waals surface area contributed by atoms with Crippen LogP contribution in [0.1, 0.15) is 47.6 Å². The van der Waals surface area contributed by atoms with Crippen LogP contribution in [0.2, 0.25) is 0 Å². The summed E-state index contributed by atoms with van der Waals surface area (Å²) < 4.78 is 9.96. The van der Waals surface area contributed by atoms with Crippen LogP contribution in [0.3, 0.4) is 0 Å². The summed E-state index contributed by atoms with van der Waals surface area (Å²) in [5, 5.41) is 12.2. The van der Waals surface area contributed by atoms with Crippen LogP contribution in [0.15, 0.2) is 43.1 Å². The highest BCUT2D eigenvalue weighted by molar-refractivity contribution is 7.80. The molecule has 5 rings (SSSR count). The van der Waals surface area contributed by atoms with E-state index < -0.39 is 0 Å². The van der Waals surface area contributed by atoms with E-state index in [1.54, 1.807) is 12.7 Å². The first-order chi connectivity index (χ1) is 14.6. The van der Waals surface area contributed by atoms with Gasteiger partial charge in [-0.05, 0) is 57.1 Å². The average Bonchev–Trinajstić information content (AvgIpc) is 3.53. The number of hydrogen-bond acceptors (Lipinski definition) is 5. The Morgan fingerprint density at radius 3 is 2.77 bits per heavy atom. The van der Waals surface area contributed by atoms with Crippen LogP contribution in [-0.2, 0) is 4.74 Å². The fourth-order valence-corrected chi connectivity index (χ4v) is 4.99. The molecule has 2 aliphatic rings. The Morgan fingerprint density at radius 1 is 1.23 bits per heavy atom.